The number of fused-ring (bicyclic) bond motifs is 1. The fourth-order valence-corrected chi connectivity index (χ4v) is 2.77. The van der Waals surface area contributed by atoms with Gasteiger partial charge in [0.25, 0.3) is 5.91 Å². The van der Waals surface area contributed by atoms with Crippen LogP contribution >= 0.6 is 0 Å². The van der Waals surface area contributed by atoms with Gasteiger partial charge in [0, 0.05) is 12.2 Å². The first-order valence-electron chi connectivity index (χ1n) is 7.88. The summed E-state index contributed by atoms with van der Waals surface area (Å²) in [5.74, 6) is 0.287. The SMILES string of the molecule is Cc1ccc(OCC(=O)N2CC(=O)Nc3ccccc3C2)c(C)c1. The van der Waals surface area contributed by atoms with Gasteiger partial charge in [-0.15, -0.1) is 0 Å². The molecule has 1 aliphatic heterocycles. The van der Waals surface area contributed by atoms with Gasteiger partial charge in [0.2, 0.25) is 5.91 Å². The lowest BCUT2D eigenvalue weighted by molar-refractivity contribution is -0.136. The van der Waals surface area contributed by atoms with Crippen molar-refractivity contribution in [2.75, 3.05) is 18.5 Å². The van der Waals surface area contributed by atoms with Crippen molar-refractivity contribution in [2.45, 2.75) is 20.4 Å². The minimum absolute atomic E-state index is 0.0315. The molecule has 0 spiro atoms. The summed E-state index contributed by atoms with van der Waals surface area (Å²) in [4.78, 5) is 26.0. The summed E-state index contributed by atoms with van der Waals surface area (Å²) in [6.45, 7) is 4.30. The zero-order valence-electron chi connectivity index (χ0n) is 13.8. The molecule has 2 amide bonds. The van der Waals surface area contributed by atoms with Crippen molar-refractivity contribution in [3.63, 3.8) is 0 Å². The van der Waals surface area contributed by atoms with Crippen LogP contribution in [0.3, 0.4) is 0 Å². The molecule has 1 N–H and O–H groups in total. The first kappa shape index (κ1) is 16.1. The lowest BCUT2D eigenvalue weighted by Crippen LogP contribution is -2.38. The molecule has 5 heteroatoms. The van der Waals surface area contributed by atoms with Crippen LogP contribution in [0, 0.1) is 13.8 Å². The van der Waals surface area contributed by atoms with E-state index >= 15 is 0 Å². The van der Waals surface area contributed by atoms with E-state index in [1.54, 1.807) is 0 Å². The van der Waals surface area contributed by atoms with E-state index in [0.29, 0.717) is 12.3 Å². The Morgan fingerprint density at radius 2 is 1.96 bits per heavy atom. The van der Waals surface area contributed by atoms with Crippen molar-refractivity contribution in [1.82, 2.24) is 4.90 Å². The normalized spacial score (nSPS) is 13.8. The van der Waals surface area contributed by atoms with E-state index in [4.69, 9.17) is 4.74 Å². The Morgan fingerprint density at radius 1 is 1.17 bits per heavy atom. The number of nitrogens with zero attached hydrogens (tertiary/aromatic N) is 1. The highest BCUT2D eigenvalue weighted by Crippen LogP contribution is 2.21. The molecule has 2 aromatic carbocycles. The van der Waals surface area contributed by atoms with Crippen LogP contribution in [-0.4, -0.2) is 29.9 Å². The molecular weight excluding hydrogens is 304 g/mol. The third-order valence-electron chi connectivity index (χ3n) is 4.02. The van der Waals surface area contributed by atoms with Crippen LogP contribution in [0.1, 0.15) is 16.7 Å². The molecule has 24 heavy (non-hydrogen) atoms. The van der Waals surface area contributed by atoms with Gasteiger partial charge in [0.05, 0.1) is 0 Å². The molecule has 0 bridgehead atoms. The van der Waals surface area contributed by atoms with Gasteiger partial charge < -0.3 is 15.0 Å². The van der Waals surface area contributed by atoms with E-state index in [1.165, 1.54) is 4.90 Å². The van der Waals surface area contributed by atoms with E-state index in [9.17, 15) is 9.59 Å². The number of nitrogens with one attached hydrogen (secondary N) is 1. The summed E-state index contributed by atoms with van der Waals surface area (Å²) in [5.41, 5.74) is 3.81. The highest BCUT2D eigenvalue weighted by Gasteiger charge is 2.23. The number of hydrogen-bond donors (Lipinski definition) is 1. The minimum Gasteiger partial charge on any atom is -0.483 e. The summed E-state index contributed by atoms with van der Waals surface area (Å²) in [7, 11) is 0. The first-order valence-corrected chi connectivity index (χ1v) is 7.88. The average molecular weight is 324 g/mol. The molecule has 0 atom stereocenters. The van der Waals surface area contributed by atoms with Crippen LogP contribution in [0.5, 0.6) is 5.75 Å². The molecule has 5 nitrogen and oxygen atoms in total. The fourth-order valence-electron chi connectivity index (χ4n) is 2.77. The molecular formula is C19H20N2O3. The predicted octanol–water partition coefficient (Wildman–Crippen LogP) is 2.66. The highest BCUT2D eigenvalue weighted by atomic mass is 16.5. The van der Waals surface area contributed by atoms with Gasteiger partial charge in [0.15, 0.2) is 6.61 Å². The van der Waals surface area contributed by atoms with Crippen molar-refractivity contribution in [2.24, 2.45) is 0 Å². The van der Waals surface area contributed by atoms with Gasteiger partial charge in [-0.25, -0.2) is 0 Å². The Kier molecular flexibility index (Phi) is 4.51. The number of hydrogen-bond acceptors (Lipinski definition) is 3. The number of para-hydroxylation sites is 1. The molecule has 0 unspecified atom stereocenters. The van der Waals surface area contributed by atoms with Gasteiger partial charge >= 0.3 is 0 Å². The van der Waals surface area contributed by atoms with Crippen LogP contribution < -0.4 is 10.1 Å². The fraction of sp³-hybridized carbons (Fsp3) is 0.263. The summed E-state index contributed by atoms with van der Waals surface area (Å²) in [6, 6.07) is 13.3. The number of anilines is 1. The van der Waals surface area contributed by atoms with E-state index < -0.39 is 0 Å². The zero-order chi connectivity index (χ0) is 17.1. The van der Waals surface area contributed by atoms with Crippen molar-refractivity contribution in [1.29, 1.82) is 0 Å². The van der Waals surface area contributed by atoms with E-state index in [1.807, 2.05) is 56.3 Å². The molecule has 1 heterocycles. The van der Waals surface area contributed by atoms with Crippen LogP contribution in [0.25, 0.3) is 0 Å². The molecule has 0 aromatic heterocycles. The molecule has 0 saturated heterocycles. The van der Waals surface area contributed by atoms with Crippen molar-refractivity contribution >= 4 is 17.5 Å². The van der Waals surface area contributed by atoms with E-state index in [0.717, 1.165) is 22.4 Å². The Bertz CT molecular complexity index is 786. The second kappa shape index (κ2) is 6.74. The monoisotopic (exact) mass is 324 g/mol. The minimum atomic E-state index is -0.207. The largest absolute Gasteiger partial charge is 0.483 e. The Hall–Kier alpha value is -2.82. The molecule has 0 saturated carbocycles. The van der Waals surface area contributed by atoms with Gasteiger partial charge in [-0.05, 0) is 37.1 Å². The van der Waals surface area contributed by atoms with Crippen LogP contribution in [-0.2, 0) is 16.1 Å². The molecule has 0 radical (unpaired) electrons. The maximum atomic E-state index is 12.5. The zero-order valence-corrected chi connectivity index (χ0v) is 13.8. The summed E-state index contributed by atoms with van der Waals surface area (Å²) < 4.78 is 5.65. The number of carbonyl (C=O) groups is 2. The number of ether oxygens (including phenoxy) is 1. The second-order valence-electron chi connectivity index (χ2n) is 6.01. The van der Waals surface area contributed by atoms with Crippen LogP contribution in [0.15, 0.2) is 42.5 Å². The highest BCUT2D eigenvalue weighted by molar-refractivity contribution is 5.96. The van der Waals surface area contributed by atoms with Crippen LogP contribution in [0.2, 0.25) is 0 Å². The van der Waals surface area contributed by atoms with Crippen LogP contribution in [0.4, 0.5) is 5.69 Å². The van der Waals surface area contributed by atoms with Crippen molar-refractivity contribution < 1.29 is 14.3 Å². The topological polar surface area (TPSA) is 58.6 Å². The average Bonchev–Trinajstić information content (AvgIpc) is 2.71. The molecule has 0 fully saturated rings. The molecule has 2 aromatic rings. The Balaban J connectivity index is 1.69. The van der Waals surface area contributed by atoms with Crippen molar-refractivity contribution in [3.05, 3.63) is 59.2 Å². The number of benzene rings is 2. The molecule has 0 aliphatic carbocycles. The smallest absolute Gasteiger partial charge is 0.261 e. The van der Waals surface area contributed by atoms with E-state index in [2.05, 4.69) is 5.32 Å². The summed E-state index contributed by atoms with van der Waals surface area (Å²) in [6.07, 6.45) is 0. The lowest BCUT2D eigenvalue weighted by atomic mass is 10.1. The third kappa shape index (κ3) is 3.56. The molecule has 3 rings (SSSR count). The third-order valence-corrected chi connectivity index (χ3v) is 4.02. The van der Waals surface area contributed by atoms with E-state index in [-0.39, 0.29) is 25.0 Å². The summed E-state index contributed by atoms with van der Waals surface area (Å²) in [5, 5.41) is 2.82. The summed E-state index contributed by atoms with van der Waals surface area (Å²) >= 11 is 0. The van der Waals surface area contributed by atoms with Gasteiger partial charge in [0.1, 0.15) is 12.3 Å². The number of aryl methyl sites for hydroxylation is 2. The first-order chi connectivity index (χ1) is 11.5. The predicted molar refractivity (Wildman–Crippen MR) is 91.9 cm³/mol. The lowest BCUT2D eigenvalue weighted by Gasteiger charge is -2.20. The number of carbonyl (C=O) groups excluding carboxylic acids is 2. The maximum Gasteiger partial charge on any atom is 0.261 e. The van der Waals surface area contributed by atoms with Crippen molar-refractivity contribution in [3.8, 4) is 5.75 Å². The second-order valence-corrected chi connectivity index (χ2v) is 6.01. The standard InChI is InChI=1S/C19H20N2O3/c1-13-7-8-17(14(2)9-13)24-12-19(23)21-10-15-5-3-4-6-16(15)20-18(22)11-21/h3-9H,10-12H2,1-2H3,(H,20,22). The van der Waals surface area contributed by atoms with Gasteiger partial charge in [-0.1, -0.05) is 35.9 Å². The van der Waals surface area contributed by atoms with Gasteiger partial charge in [-0.2, -0.15) is 0 Å². The maximum absolute atomic E-state index is 12.5. The quantitative estimate of drug-likeness (QED) is 0.944. The Labute approximate surface area is 141 Å². The van der Waals surface area contributed by atoms with Gasteiger partial charge in [-0.3, -0.25) is 9.59 Å². The molecule has 124 valence electrons. The Morgan fingerprint density at radius 3 is 2.75 bits per heavy atom. The number of amides is 2. The number of rotatable bonds is 3. The molecule has 1 aliphatic rings.